The molecule has 190 valence electrons. The Labute approximate surface area is 214 Å². The summed E-state index contributed by atoms with van der Waals surface area (Å²) in [5, 5.41) is 2.84. The molecule has 0 aliphatic rings. The monoisotopic (exact) mass is 510 g/mol. The highest BCUT2D eigenvalue weighted by Gasteiger charge is 2.36. The molecule has 11 heteroatoms. The lowest BCUT2D eigenvalue weighted by molar-refractivity contribution is -0.122. The van der Waals surface area contributed by atoms with Gasteiger partial charge >= 0.3 is 0 Å². The average Bonchev–Trinajstić information content (AvgIpc) is 3.24. The maximum Gasteiger partial charge on any atom is 0.273 e. The molecule has 0 aliphatic heterocycles. The van der Waals surface area contributed by atoms with Gasteiger partial charge in [0.15, 0.2) is 5.69 Å². The van der Waals surface area contributed by atoms with E-state index in [-0.39, 0.29) is 22.8 Å². The van der Waals surface area contributed by atoms with Crippen LogP contribution >= 0.6 is 11.5 Å². The van der Waals surface area contributed by atoms with E-state index in [0.717, 1.165) is 22.8 Å². The molecule has 0 saturated carbocycles. The van der Waals surface area contributed by atoms with E-state index in [1.54, 1.807) is 24.3 Å². The topological polar surface area (TPSA) is 144 Å². The second kappa shape index (κ2) is 11.6. The number of amides is 3. The van der Waals surface area contributed by atoms with Gasteiger partial charge in [0.2, 0.25) is 5.91 Å². The van der Waals surface area contributed by atoms with Crippen molar-refractivity contribution in [2.75, 3.05) is 49.9 Å². The zero-order valence-electron chi connectivity index (χ0n) is 20.6. The third-order valence-electron chi connectivity index (χ3n) is 5.52. The fraction of sp³-hybridized carbons (Fsp3) is 0.280. The van der Waals surface area contributed by atoms with Crippen molar-refractivity contribution in [1.29, 1.82) is 0 Å². The van der Waals surface area contributed by atoms with Gasteiger partial charge in [-0.3, -0.25) is 19.3 Å². The summed E-state index contributed by atoms with van der Waals surface area (Å²) in [7, 11) is 5.36. The van der Waals surface area contributed by atoms with Crippen LogP contribution in [0.4, 0.5) is 17.1 Å². The van der Waals surface area contributed by atoms with Crippen molar-refractivity contribution in [3.63, 3.8) is 0 Å². The maximum atomic E-state index is 14.0. The number of benzene rings is 2. The van der Waals surface area contributed by atoms with Crippen LogP contribution in [-0.4, -0.2) is 56.5 Å². The summed E-state index contributed by atoms with van der Waals surface area (Å²) in [5.74, 6) is -1.82. The number of methoxy groups -OCH3 is 1. The van der Waals surface area contributed by atoms with Crippen LogP contribution in [0.2, 0.25) is 0 Å². The fourth-order valence-electron chi connectivity index (χ4n) is 3.57. The van der Waals surface area contributed by atoms with Crippen molar-refractivity contribution in [3.05, 3.63) is 70.2 Å². The molecule has 0 bridgehead atoms. The van der Waals surface area contributed by atoms with Gasteiger partial charge in [0.1, 0.15) is 10.9 Å². The van der Waals surface area contributed by atoms with Crippen LogP contribution in [0.1, 0.15) is 37.3 Å². The Morgan fingerprint density at radius 3 is 2.19 bits per heavy atom. The molecule has 1 heterocycles. The minimum absolute atomic E-state index is 0.0176. The van der Waals surface area contributed by atoms with E-state index in [0.29, 0.717) is 17.9 Å². The quantitative estimate of drug-likeness (QED) is 0.355. The molecule has 1 atom stereocenters. The Morgan fingerprint density at radius 1 is 1.06 bits per heavy atom. The van der Waals surface area contributed by atoms with Gasteiger partial charge in [-0.2, -0.15) is 4.37 Å². The number of hydrogen-bond donors (Lipinski definition) is 3. The highest BCUT2D eigenvalue weighted by Crippen LogP contribution is 2.33. The SMILES string of the molecule is COCCNC(=O)[C@@H](c1ccc(N(C)C)cc1)N(C(=O)c1snc(C(N)=O)c1N)c1ccc(C)cc1. The van der Waals surface area contributed by atoms with Crippen molar-refractivity contribution < 1.29 is 19.1 Å². The van der Waals surface area contributed by atoms with Gasteiger partial charge in [-0.1, -0.05) is 29.8 Å². The minimum Gasteiger partial charge on any atom is -0.395 e. The molecule has 1 aromatic heterocycles. The summed E-state index contributed by atoms with van der Waals surface area (Å²) in [4.78, 5) is 42.6. The van der Waals surface area contributed by atoms with Crippen LogP contribution in [0.5, 0.6) is 0 Å². The summed E-state index contributed by atoms with van der Waals surface area (Å²) < 4.78 is 9.04. The predicted molar refractivity (Wildman–Crippen MR) is 141 cm³/mol. The van der Waals surface area contributed by atoms with E-state index in [2.05, 4.69) is 9.69 Å². The number of anilines is 3. The molecule has 0 aliphatic carbocycles. The first-order valence-electron chi connectivity index (χ1n) is 11.1. The Hall–Kier alpha value is -3.96. The Kier molecular flexibility index (Phi) is 8.62. The summed E-state index contributed by atoms with van der Waals surface area (Å²) >= 11 is 0.765. The first-order chi connectivity index (χ1) is 17.1. The standard InChI is InChI=1S/C25H30N6O4S/c1-15-5-9-18(10-6-15)31(25(34)22-19(26)20(23(27)32)29-36-22)21(24(33)28-13-14-35-4)16-7-11-17(12-8-16)30(2)3/h5-12,21H,13-14,26H2,1-4H3,(H2,27,32)(H,28,33)/t21-/m1/s1. The lowest BCUT2D eigenvalue weighted by Gasteiger charge is -2.31. The third kappa shape index (κ3) is 5.81. The van der Waals surface area contributed by atoms with Crippen LogP contribution < -0.4 is 26.6 Å². The van der Waals surface area contributed by atoms with Gasteiger partial charge in [0.25, 0.3) is 11.8 Å². The molecule has 10 nitrogen and oxygen atoms in total. The summed E-state index contributed by atoms with van der Waals surface area (Å²) in [6, 6.07) is 13.5. The second-order valence-electron chi connectivity index (χ2n) is 8.32. The first-order valence-corrected chi connectivity index (χ1v) is 11.9. The Bertz CT molecular complexity index is 1220. The number of carbonyl (C=O) groups is 3. The second-order valence-corrected chi connectivity index (χ2v) is 9.09. The minimum atomic E-state index is -1.05. The molecule has 0 radical (unpaired) electrons. The van der Waals surface area contributed by atoms with Gasteiger partial charge in [0, 0.05) is 39.1 Å². The van der Waals surface area contributed by atoms with Gasteiger partial charge in [-0.15, -0.1) is 0 Å². The lowest BCUT2D eigenvalue weighted by Crippen LogP contribution is -2.44. The highest BCUT2D eigenvalue weighted by atomic mass is 32.1. The van der Waals surface area contributed by atoms with Crippen molar-refractivity contribution in [2.24, 2.45) is 5.73 Å². The smallest absolute Gasteiger partial charge is 0.273 e. The normalized spacial score (nSPS) is 11.6. The Morgan fingerprint density at radius 2 is 1.67 bits per heavy atom. The van der Waals surface area contributed by atoms with Crippen molar-refractivity contribution in [1.82, 2.24) is 9.69 Å². The van der Waals surface area contributed by atoms with E-state index >= 15 is 0 Å². The molecular weight excluding hydrogens is 480 g/mol. The number of nitrogens with one attached hydrogen (secondary N) is 1. The molecule has 0 unspecified atom stereocenters. The van der Waals surface area contributed by atoms with E-state index in [1.165, 1.54) is 12.0 Å². The third-order valence-corrected chi connectivity index (χ3v) is 6.37. The Balaban J connectivity index is 2.17. The number of aromatic nitrogens is 1. The van der Waals surface area contributed by atoms with Gasteiger partial charge in [0.05, 0.1) is 12.3 Å². The molecule has 2 aromatic carbocycles. The van der Waals surface area contributed by atoms with Crippen LogP contribution in [0.25, 0.3) is 0 Å². The lowest BCUT2D eigenvalue weighted by atomic mass is 10.0. The van der Waals surface area contributed by atoms with Crippen molar-refractivity contribution >= 4 is 46.3 Å². The molecule has 3 rings (SSSR count). The average molecular weight is 511 g/mol. The fourth-order valence-corrected chi connectivity index (χ4v) is 4.32. The van der Waals surface area contributed by atoms with E-state index < -0.39 is 23.8 Å². The van der Waals surface area contributed by atoms with Crippen LogP contribution in [0, 0.1) is 6.92 Å². The summed E-state index contributed by atoms with van der Waals surface area (Å²) in [6.07, 6.45) is 0. The van der Waals surface area contributed by atoms with E-state index in [4.69, 9.17) is 16.2 Å². The highest BCUT2D eigenvalue weighted by molar-refractivity contribution is 7.09. The molecule has 5 N–H and O–H groups in total. The number of nitrogen functional groups attached to an aromatic ring is 1. The first kappa shape index (κ1) is 26.6. The van der Waals surface area contributed by atoms with E-state index in [1.807, 2.05) is 50.2 Å². The number of rotatable bonds is 10. The maximum absolute atomic E-state index is 14.0. The molecule has 0 saturated heterocycles. The number of nitrogens with zero attached hydrogens (tertiary/aromatic N) is 3. The predicted octanol–water partition coefficient (Wildman–Crippen LogP) is 2.35. The number of carbonyl (C=O) groups excluding carboxylic acids is 3. The van der Waals surface area contributed by atoms with Crippen LogP contribution in [0.3, 0.4) is 0 Å². The number of aryl methyl sites for hydroxylation is 1. The number of nitrogens with two attached hydrogens (primary N) is 2. The van der Waals surface area contributed by atoms with Gasteiger partial charge in [-0.05, 0) is 48.3 Å². The largest absolute Gasteiger partial charge is 0.395 e. The van der Waals surface area contributed by atoms with Crippen molar-refractivity contribution in [3.8, 4) is 0 Å². The molecule has 0 spiro atoms. The van der Waals surface area contributed by atoms with Crippen molar-refractivity contribution in [2.45, 2.75) is 13.0 Å². The van der Waals surface area contributed by atoms with Gasteiger partial charge in [-0.25, -0.2) is 0 Å². The molecule has 3 aromatic rings. The molecule has 0 fully saturated rings. The molecule has 36 heavy (non-hydrogen) atoms. The molecular formula is C25H30N6O4S. The zero-order chi connectivity index (χ0) is 26.4. The summed E-state index contributed by atoms with van der Waals surface area (Å²) in [5.41, 5.74) is 14.1. The van der Waals surface area contributed by atoms with Gasteiger partial charge < -0.3 is 26.4 Å². The molecule has 3 amide bonds. The van der Waals surface area contributed by atoms with E-state index in [9.17, 15) is 14.4 Å². The summed E-state index contributed by atoms with van der Waals surface area (Å²) in [6.45, 7) is 2.48. The van der Waals surface area contributed by atoms with Crippen LogP contribution in [-0.2, 0) is 9.53 Å². The zero-order valence-corrected chi connectivity index (χ0v) is 21.5. The number of primary amides is 1. The number of ether oxygens (including phenoxy) is 1. The number of hydrogen-bond acceptors (Lipinski definition) is 8. The van der Waals surface area contributed by atoms with Crippen LogP contribution in [0.15, 0.2) is 48.5 Å².